The molecule has 6 N–H and O–H groups in total. The SMILES string of the molecule is COC(=O)C(C(=O)OCc1ccccc1)N(N)C(=O)CN1C(=O)NC(C)(c2ccc(N(C(=N)N)C(=O)OCc3ccccc3)cc2)C1=O. The predicted octanol–water partition coefficient (Wildman–Crippen LogP) is 1.48. The number of nitrogens with one attached hydrogen (secondary N) is 2. The van der Waals surface area contributed by atoms with Gasteiger partial charge in [0.15, 0.2) is 0 Å². The Morgan fingerprint density at radius 1 is 0.875 bits per heavy atom. The van der Waals surface area contributed by atoms with Crippen molar-refractivity contribution in [3.63, 3.8) is 0 Å². The van der Waals surface area contributed by atoms with E-state index in [-0.39, 0.29) is 29.5 Å². The predicted molar refractivity (Wildman–Crippen MR) is 168 cm³/mol. The van der Waals surface area contributed by atoms with Gasteiger partial charge in [0.2, 0.25) is 12.0 Å². The van der Waals surface area contributed by atoms with Gasteiger partial charge >= 0.3 is 24.1 Å². The van der Waals surface area contributed by atoms with E-state index in [2.05, 4.69) is 10.1 Å². The number of carbonyl (C=O) groups is 6. The second kappa shape index (κ2) is 14.9. The van der Waals surface area contributed by atoms with Gasteiger partial charge in [-0.05, 0) is 35.7 Å². The van der Waals surface area contributed by atoms with Crippen molar-refractivity contribution < 1.29 is 43.0 Å². The molecule has 2 atom stereocenters. The molecule has 1 heterocycles. The second-order valence-corrected chi connectivity index (χ2v) is 10.6. The molecule has 0 spiro atoms. The number of hydrazine groups is 1. The van der Waals surface area contributed by atoms with Crippen LogP contribution in [0.1, 0.15) is 23.6 Å². The van der Waals surface area contributed by atoms with Crippen molar-refractivity contribution in [1.29, 1.82) is 5.41 Å². The molecule has 3 aromatic rings. The first-order valence-electron chi connectivity index (χ1n) is 14.3. The molecule has 3 aromatic carbocycles. The molecule has 0 radical (unpaired) electrons. The monoisotopic (exact) mass is 659 g/mol. The lowest BCUT2D eigenvalue weighted by Gasteiger charge is -2.26. The molecule has 0 aromatic heterocycles. The Labute approximate surface area is 274 Å². The van der Waals surface area contributed by atoms with Crippen LogP contribution >= 0.6 is 0 Å². The van der Waals surface area contributed by atoms with Gasteiger partial charge in [-0.25, -0.2) is 29.9 Å². The zero-order valence-electron chi connectivity index (χ0n) is 26.0. The highest BCUT2D eigenvalue weighted by Crippen LogP contribution is 2.30. The topological polar surface area (TPSA) is 228 Å². The summed E-state index contributed by atoms with van der Waals surface area (Å²) in [5.41, 5.74) is 5.69. The van der Waals surface area contributed by atoms with Crippen LogP contribution in [0.15, 0.2) is 84.9 Å². The average Bonchev–Trinajstić information content (AvgIpc) is 3.30. The number of guanidine groups is 1. The lowest BCUT2D eigenvalue weighted by Crippen LogP contribution is -2.57. The summed E-state index contributed by atoms with van der Waals surface area (Å²) < 4.78 is 15.1. The normalized spacial score (nSPS) is 15.9. The van der Waals surface area contributed by atoms with Crippen molar-refractivity contribution in [2.75, 3.05) is 18.6 Å². The van der Waals surface area contributed by atoms with Crippen LogP contribution in [0.5, 0.6) is 0 Å². The van der Waals surface area contributed by atoms with Crippen LogP contribution in [0, 0.1) is 5.41 Å². The van der Waals surface area contributed by atoms with Crippen LogP contribution in [-0.4, -0.2) is 71.4 Å². The van der Waals surface area contributed by atoms with Crippen LogP contribution < -0.4 is 21.8 Å². The number of hydrogen-bond acceptors (Lipinski definition) is 11. The number of esters is 2. The minimum atomic E-state index is -2.02. The van der Waals surface area contributed by atoms with E-state index in [1.165, 1.54) is 31.2 Å². The third-order valence-electron chi connectivity index (χ3n) is 7.34. The highest BCUT2D eigenvalue weighted by Gasteiger charge is 2.50. The first-order valence-corrected chi connectivity index (χ1v) is 14.3. The number of nitrogens with zero attached hydrogens (tertiary/aromatic N) is 3. The van der Waals surface area contributed by atoms with Gasteiger partial charge in [-0.3, -0.25) is 24.9 Å². The zero-order valence-corrected chi connectivity index (χ0v) is 26.0. The molecule has 1 aliphatic rings. The summed E-state index contributed by atoms with van der Waals surface area (Å²) in [6.07, 6.45) is -0.916. The Bertz CT molecular complexity index is 1700. The first kappa shape index (κ1) is 34.6. The summed E-state index contributed by atoms with van der Waals surface area (Å²) in [7, 11) is 0.982. The van der Waals surface area contributed by atoms with Crippen molar-refractivity contribution in [2.24, 2.45) is 11.6 Å². The van der Waals surface area contributed by atoms with Crippen molar-refractivity contribution in [3.8, 4) is 0 Å². The largest absolute Gasteiger partial charge is 0.467 e. The lowest BCUT2D eigenvalue weighted by atomic mass is 9.92. The Kier molecular flexibility index (Phi) is 10.7. The summed E-state index contributed by atoms with van der Waals surface area (Å²) in [5.74, 6) is 0.841. The number of ether oxygens (including phenoxy) is 3. The molecule has 0 bridgehead atoms. The molecule has 1 saturated heterocycles. The number of urea groups is 1. The Hall–Kier alpha value is -6.29. The summed E-state index contributed by atoms with van der Waals surface area (Å²) in [4.78, 5) is 78.9. The quantitative estimate of drug-likeness (QED) is 0.0265. The zero-order chi connectivity index (χ0) is 35.0. The highest BCUT2D eigenvalue weighted by atomic mass is 16.6. The van der Waals surface area contributed by atoms with Crippen LogP contribution in [0.4, 0.5) is 15.3 Å². The molecule has 48 heavy (non-hydrogen) atoms. The van der Waals surface area contributed by atoms with Crippen LogP contribution in [0.3, 0.4) is 0 Å². The fourth-order valence-corrected chi connectivity index (χ4v) is 4.71. The van der Waals surface area contributed by atoms with Gasteiger partial charge in [0, 0.05) is 0 Å². The van der Waals surface area contributed by atoms with Gasteiger partial charge in [-0.1, -0.05) is 72.8 Å². The first-order chi connectivity index (χ1) is 22.9. The molecule has 2 unspecified atom stereocenters. The number of benzene rings is 3. The summed E-state index contributed by atoms with van der Waals surface area (Å²) >= 11 is 0. The van der Waals surface area contributed by atoms with Crippen molar-refractivity contribution in [1.82, 2.24) is 15.2 Å². The molecule has 0 aliphatic carbocycles. The van der Waals surface area contributed by atoms with E-state index in [9.17, 15) is 28.8 Å². The molecule has 16 nitrogen and oxygen atoms in total. The molecule has 250 valence electrons. The van der Waals surface area contributed by atoms with Gasteiger partial charge in [0.25, 0.3) is 11.8 Å². The van der Waals surface area contributed by atoms with Crippen LogP contribution in [-0.2, 0) is 52.1 Å². The number of anilines is 1. The third-order valence-corrected chi connectivity index (χ3v) is 7.34. The summed E-state index contributed by atoms with van der Waals surface area (Å²) in [5, 5.41) is 10.7. The van der Waals surface area contributed by atoms with Crippen molar-refractivity contribution in [3.05, 3.63) is 102 Å². The standard InChI is InChI=1S/C32H33N7O9/c1-32(22-13-15-23(16-14-22)38(29(33)34)31(45)48-19-21-11-7-4-8-12-21)28(43)37(30(44)36-32)17-24(40)39(35)25(26(41)46-2)27(42)47-18-20-9-5-3-6-10-20/h3-16,25H,17-19,35H2,1-2H3,(H3,33,34)(H,36,44). The number of imide groups is 1. The number of nitrogens with two attached hydrogens (primary N) is 2. The van der Waals surface area contributed by atoms with Gasteiger partial charge in [0.1, 0.15) is 25.3 Å². The fraction of sp³-hybridized carbons (Fsp3) is 0.219. The Morgan fingerprint density at radius 2 is 1.42 bits per heavy atom. The van der Waals surface area contributed by atoms with Crippen molar-refractivity contribution in [2.45, 2.75) is 31.7 Å². The molecule has 4 rings (SSSR count). The average molecular weight is 660 g/mol. The third kappa shape index (κ3) is 7.56. The van der Waals surface area contributed by atoms with Gasteiger partial charge in [-0.2, -0.15) is 0 Å². The molecular formula is C32H33N7O9. The van der Waals surface area contributed by atoms with Gasteiger partial charge in [-0.15, -0.1) is 0 Å². The summed E-state index contributed by atoms with van der Waals surface area (Å²) in [6.45, 7) is 0.171. The smallest absolute Gasteiger partial charge is 0.421 e. The van der Waals surface area contributed by atoms with E-state index in [1.807, 2.05) is 6.07 Å². The lowest BCUT2D eigenvalue weighted by molar-refractivity contribution is -0.168. The molecular weight excluding hydrogens is 626 g/mol. The van der Waals surface area contributed by atoms with Crippen LogP contribution in [0.2, 0.25) is 0 Å². The number of methoxy groups -OCH3 is 1. The number of rotatable bonds is 11. The summed E-state index contributed by atoms with van der Waals surface area (Å²) in [6, 6.07) is 20.1. The Balaban J connectivity index is 1.44. The molecule has 16 heteroatoms. The second-order valence-electron chi connectivity index (χ2n) is 10.6. The minimum absolute atomic E-state index is 0.0653. The minimum Gasteiger partial charge on any atom is -0.467 e. The number of hydrogen-bond donors (Lipinski definition) is 4. The van der Waals surface area contributed by atoms with E-state index in [0.29, 0.717) is 10.5 Å². The fourth-order valence-electron chi connectivity index (χ4n) is 4.71. The van der Waals surface area contributed by atoms with Crippen LogP contribution in [0.25, 0.3) is 0 Å². The van der Waals surface area contributed by atoms with E-state index < -0.39 is 60.0 Å². The van der Waals surface area contributed by atoms with E-state index in [0.717, 1.165) is 17.6 Å². The highest BCUT2D eigenvalue weighted by molar-refractivity contribution is 6.12. The van der Waals surface area contributed by atoms with Crippen molar-refractivity contribution >= 4 is 47.5 Å². The van der Waals surface area contributed by atoms with E-state index in [1.54, 1.807) is 54.6 Å². The van der Waals surface area contributed by atoms with Gasteiger partial charge in [0.05, 0.1) is 12.8 Å². The Morgan fingerprint density at radius 3 is 1.94 bits per heavy atom. The molecule has 0 saturated carbocycles. The maximum absolute atomic E-state index is 13.5. The molecule has 5 amide bonds. The molecule has 1 aliphatic heterocycles. The van der Waals surface area contributed by atoms with E-state index >= 15 is 0 Å². The van der Waals surface area contributed by atoms with E-state index in [4.69, 9.17) is 26.5 Å². The number of carbonyl (C=O) groups excluding carboxylic acids is 6. The maximum atomic E-state index is 13.5. The van der Waals surface area contributed by atoms with Gasteiger partial charge < -0.3 is 25.3 Å². The maximum Gasteiger partial charge on any atom is 0.421 e. The number of amides is 5. The molecule has 1 fully saturated rings.